The standard InChI is InChI=1S/C33H50NO5P/c1-2-3-4-5-6-7-8-9-10-11-12-13-14-15-19-22-33(35)34-32(28-39-40(36,37)38)27-29-23-25-31(26-24-29)30-20-17-16-18-21-30/h9-10,16-18,20-21,23-26,32H,2-8,11-15,19,22,27-28H2,1H3,(H,34,35)(H2,36,37,38)/t32-/m1/s1. The van der Waals surface area contributed by atoms with Gasteiger partial charge in [0.1, 0.15) is 0 Å². The van der Waals surface area contributed by atoms with Gasteiger partial charge in [0, 0.05) is 6.42 Å². The molecule has 7 heteroatoms. The Balaban J connectivity index is 1.64. The summed E-state index contributed by atoms with van der Waals surface area (Å²) >= 11 is 0. The Morgan fingerprint density at radius 3 is 1.95 bits per heavy atom. The highest BCUT2D eigenvalue weighted by molar-refractivity contribution is 7.46. The van der Waals surface area contributed by atoms with Crippen molar-refractivity contribution in [1.29, 1.82) is 0 Å². The summed E-state index contributed by atoms with van der Waals surface area (Å²) in [6, 6.07) is 17.5. The summed E-state index contributed by atoms with van der Waals surface area (Å²) in [5, 5.41) is 2.92. The third kappa shape index (κ3) is 16.8. The van der Waals surface area contributed by atoms with Gasteiger partial charge >= 0.3 is 7.82 Å². The zero-order valence-electron chi connectivity index (χ0n) is 24.3. The molecular formula is C33H50NO5P. The van der Waals surface area contributed by atoms with Gasteiger partial charge in [0.15, 0.2) is 0 Å². The number of hydrogen-bond acceptors (Lipinski definition) is 3. The van der Waals surface area contributed by atoms with Gasteiger partial charge in [-0.2, -0.15) is 0 Å². The van der Waals surface area contributed by atoms with Gasteiger partial charge in [-0.15, -0.1) is 0 Å². The van der Waals surface area contributed by atoms with Crippen molar-refractivity contribution < 1.29 is 23.7 Å². The summed E-state index contributed by atoms with van der Waals surface area (Å²) in [4.78, 5) is 30.9. The molecular weight excluding hydrogens is 521 g/mol. The monoisotopic (exact) mass is 571 g/mol. The fourth-order valence-corrected chi connectivity index (χ4v) is 5.12. The fraction of sp³-hybridized carbons (Fsp3) is 0.545. The Bertz CT molecular complexity index is 1000. The highest BCUT2D eigenvalue weighted by atomic mass is 31.2. The van der Waals surface area contributed by atoms with Gasteiger partial charge in [0.05, 0.1) is 12.6 Å². The minimum Gasteiger partial charge on any atom is -0.351 e. The first kappa shape index (κ1) is 34.0. The second kappa shape index (κ2) is 20.6. The predicted molar refractivity (Wildman–Crippen MR) is 165 cm³/mol. The maximum atomic E-state index is 12.6. The van der Waals surface area contributed by atoms with E-state index in [-0.39, 0.29) is 12.5 Å². The number of carbonyl (C=O) groups excluding carboxylic acids is 1. The Hall–Kier alpha value is -2.24. The summed E-state index contributed by atoms with van der Waals surface area (Å²) in [6.45, 7) is 2.00. The number of carbonyl (C=O) groups is 1. The van der Waals surface area contributed by atoms with Crippen molar-refractivity contribution in [3.63, 3.8) is 0 Å². The van der Waals surface area contributed by atoms with E-state index in [1.165, 1.54) is 57.8 Å². The highest BCUT2D eigenvalue weighted by Gasteiger charge is 2.20. The Morgan fingerprint density at radius 1 is 0.800 bits per heavy atom. The Labute approximate surface area is 241 Å². The molecule has 0 heterocycles. The molecule has 0 bridgehead atoms. The molecule has 2 rings (SSSR count). The molecule has 40 heavy (non-hydrogen) atoms. The van der Waals surface area contributed by atoms with Crippen LogP contribution in [0.4, 0.5) is 0 Å². The zero-order valence-corrected chi connectivity index (χ0v) is 25.2. The minimum absolute atomic E-state index is 0.113. The molecule has 6 nitrogen and oxygen atoms in total. The van der Waals surface area contributed by atoms with Crippen molar-refractivity contribution in [2.24, 2.45) is 0 Å². The van der Waals surface area contributed by atoms with Gasteiger partial charge in [0.25, 0.3) is 0 Å². The van der Waals surface area contributed by atoms with Gasteiger partial charge in [-0.05, 0) is 55.2 Å². The molecule has 0 unspecified atom stereocenters. The van der Waals surface area contributed by atoms with Crippen LogP contribution < -0.4 is 5.32 Å². The van der Waals surface area contributed by atoms with Crippen LogP contribution in [0.15, 0.2) is 66.7 Å². The third-order valence-corrected chi connectivity index (χ3v) is 7.50. The van der Waals surface area contributed by atoms with Crippen LogP contribution in [0.1, 0.15) is 102 Å². The lowest BCUT2D eigenvalue weighted by molar-refractivity contribution is -0.122. The van der Waals surface area contributed by atoms with E-state index in [2.05, 4.69) is 24.4 Å². The maximum Gasteiger partial charge on any atom is 0.469 e. The first-order valence-electron chi connectivity index (χ1n) is 15.2. The molecule has 0 aliphatic carbocycles. The topological polar surface area (TPSA) is 95.9 Å². The van der Waals surface area contributed by atoms with Crippen molar-refractivity contribution in [3.05, 3.63) is 72.3 Å². The summed E-state index contributed by atoms with van der Waals surface area (Å²) in [7, 11) is -4.63. The van der Waals surface area contributed by atoms with Crippen LogP contribution in [0.2, 0.25) is 0 Å². The number of hydrogen-bond donors (Lipinski definition) is 3. The Kier molecular flexibility index (Phi) is 17.5. The quantitative estimate of drug-likeness (QED) is 0.0748. The van der Waals surface area contributed by atoms with Gasteiger partial charge in [-0.25, -0.2) is 4.57 Å². The van der Waals surface area contributed by atoms with Gasteiger partial charge in [0.2, 0.25) is 5.91 Å². The van der Waals surface area contributed by atoms with E-state index >= 15 is 0 Å². The summed E-state index contributed by atoms with van der Waals surface area (Å²) in [5.41, 5.74) is 3.16. The molecule has 0 saturated heterocycles. The number of phosphoric ester groups is 1. The normalized spacial score (nSPS) is 12.6. The van der Waals surface area contributed by atoms with Crippen molar-refractivity contribution in [1.82, 2.24) is 5.32 Å². The minimum atomic E-state index is -4.63. The number of unbranched alkanes of at least 4 members (excludes halogenated alkanes) is 11. The molecule has 0 fully saturated rings. The molecule has 0 spiro atoms. The highest BCUT2D eigenvalue weighted by Crippen LogP contribution is 2.35. The van der Waals surface area contributed by atoms with E-state index in [9.17, 15) is 9.36 Å². The average molecular weight is 572 g/mol. The van der Waals surface area contributed by atoms with E-state index < -0.39 is 13.9 Å². The SMILES string of the molecule is CCCCCCCCC=CCCCCCCCC(=O)N[C@@H](COP(=O)(O)O)Cc1ccc(-c2ccccc2)cc1. The molecule has 1 atom stereocenters. The van der Waals surface area contributed by atoms with E-state index in [0.29, 0.717) is 12.8 Å². The number of benzene rings is 2. The molecule has 222 valence electrons. The largest absolute Gasteiger partial charge is 0.469 e. The number of amides is 1. The predicted octanol–water partition coefficient (Wildman–Crippen LogP) is 8.53. The molecule has 3 N–H and O–H groups in total. The second-order valence-electron chi connectivity index (χ2n) is 10.7. The molecule has 0 aliphatic heterocycles. The number of allylic oxidation sites excluding steroid dienone is 2. The number of nitrogens with one attached hydrogen (secondary N) is 1. The molecule has 2 aromatic rings. The van der Waals surface area contributed by atoms with Crippen LogP contribution in [0.25, 0.3) is 11.1 Å². The molecule has 0 aromatic heterocycles. The molecule has 0 saturated carbocycles. The summed E-state index contributed by atoms with van der Waals surface area (Å²) in [6.07, 6.45) is 21.1. The molecule has 0 aliphatic rings. The molecule has 1 amide bonds. The van der Waals surface area contributed by atoms with E-state index in [4.69, 9.17) is 14.3 Å². The number of rotatable bonds is 22. The number of phosphoric acid groups is 1. The van der Waals surface area contributed by atoms with Crippen LogP contribution in [-0.2, 0) is 20.3 Å². The first-order chi connectivity index (χ1) is 19.4. The average Bonchev–Trinajstić information content (AvgIpc) is 2.94. The van der Waals surface area contributed by atoms with Crippen LogP contribution in [0.5, 0.6) is 0 Å². The first-order valence-corrected chi connectivity index (χ1v) is 16.7. The van der Waals surface area contributed by atoms with Gasteiger partial charge in [-0.3, -0.25) is 9.32 Å². The lowest BCUT2D eigenvalue weighted by atomic mass is 10.0. The van der Waals surface area contributed by atoms with Crippen molar-refractivity contribution in [2.75, 3.05) is 6.61 Å². The second-order valence-corrected chi connectivity index (χ2v) is 11.9. The smallest absolute Gasteiger partial charge is 0.351 e. The fourth-order valence-electron chi connectivity index (χ4n) is 4.74. The van der Waals surface area contributed by atoms with Crippen molar-refractivity contribution >= 4 is 13.7 Å². The summed E-state index contributed by atoms with van der Waals surface area (Å²) < 4.78 is 16.0. The van der Waals surface area contributed by atoms with Crippen LogP contribution in [-0.4, -0.2) is 28.3 Å². The van der Waals surface area contributed by atoms with Crippen molar-refractivity contribution in [2.45, 2.75) is 109 Å². The lowest BCUT2D eigenvalue weighted by Gasteiger charge is -2.19. The van der Waals surface area contributed by atoms with Crippen molar-refractivity contribution in [3.8, 4) is 11.1 Å². The Morgan fingerprint density at radius 2 is 1.35 bits per heavy atom. The maximum absolute atomic E-state index is 12.6. The van der Waals surface area contributed by atoms with Gasteiger partial charge in [-0.1, -0.05) is 125 Å². The van der Waals surface area contributed by atoms with Crippen LogP contribution >= 0.6 is 7.82 Å². The van der Waals surface area contributed by atoms with Crippen LogP contribution in [0, 0.1) is 0 Å². The molecule has 0 radical (unpaired) electrons. The lowest BCUT2D eigenvalue weighted by Crippen LogP contribution is -2.39. The van der Waals surface area contributed by atoms with E-state index in [1.807, 2.05) is 54.6 Å². The summed E-state index contributed by atoms with van der Waals surface area (Å²) in [5.74, 6) is -0.113. The van der Waals surface area contributed by atoms with Crippen LogP contribution in [0.3, 0.4) is 0 Å². The third-order valence-electron chi connectivity index (χ3n) is 7.02. The molecule has 2 aromatic carbocycles. The van der Waals surface area contributed by atoms with Gasteiger partial charge < -0.3 is 15.1 Å². The van der Waals surface area contributed by atoms with E-state index in [0.717, 1.165) is 42.4 Å². The zero-order chi connectivity index (χ0) is 28.9. The van der Waals surface area contributed by atoms with E-state index in [1.54, 1.807) is 0 Å².